The van der Waals surface area contributed by atoms with E-state index >= 15 is 0 Å². The second kappa shape index (κ2) is 13.1. The summed E-state index contributed by atoms with van der Waals surface area (Å²) in [5.41, 5.74) is 1.76. The van der Waals surface area contributed by atoms with Crippen LogP contribution >= 0.6 is 0 Å². The van der Waals surface area contributed by atoms with Gasteiger partial charge < -0.3 is 10.2 Å². The van der Waals surface area contributed by atoms with Crippen molar-refractivity contribution in [3.8, 4) is 0 Å². The van der Waals surface area contributed by atoms with Gasteiger partial charge in [0.15, 0.2) is 0 Å². The van der Waals surface area contributed by atoms with Crippen LogP contribution in [0.25, 0.3) is 0 Å². The molecular weight excluding hydrogens is 471 g/mol. The molecular formula is C36H75BN2. The Morgan fingerprint density at radius 3 is 1.72 bits per heavy atom. The van der Waals surface area contributed by atoms with E-state index in [-0.39, 0.29) is 11.1 Å². The lowest BCUT2D eigenvalue weighted by atomic mass is 9.56. The molecule has 1 rings (SSSR count). The molecule has 3 heteroatoms. The second-order valence-corrected chi connectivity index (χ2v) is 19.2. The normalized spacial score (nSPS) is 25.3. The SMILES string of the molecule is CBC1C(C(C)(C)C)C(CC(CC(C)(C)CCC(C)(C)C)C(C)(C)C)C(C)N1CCC(C)(C)NC(C)(C)CC. The molecule has 1 saturated heterocycles. The first-order chi connectivity index (χ1) is 17.3. The maximum atomic E-state index is 3.98. The number of hydrogen-bond donors (Lipinski definition) is 1. The Morgan fingerprint density at radius 1 is 0.769 bits per heavy atom. The molecule has 0 radical (unpaired) electrons. The predicted molar refractivity (Wildman–Crippen MR) is 180 cm³/mol. The summed E-state index contributed by atoms with van der Waals surface area (Å²) >= 11 is 0. The highest BCUT2D eigenvalue weighted by atomic mass is 15.2. The highest BCUT2D eigenvalue weighted by Gasteiger charge is 2.51. The van der Waals surface area contributed by atoms with Gasteiger partial charge in [-0.1, -0.05) is 89.9 Å². The van der Waals surface area contributed by atoms with Crippen LogP contribution in [0.1, 0.15) is 156 Å². The highest BCUT2D eigenvalue weighted by molar-refractivity contribution is 6.36. The van der Waals surface area contributed by atoms with Crippen LogP contribution in [0.4, 0.5) is 0 Å². The second-order valence-electron chi connectivity index (χ2n) is 19.2. The van der Waals surface area contributed by atoms with Crippen LogP contribution in [0, 0.1) is 39.4 Å². The summed E-state index contributed by atoms with van der Waals surface area (Å²) in [6.45, 7) is 45.5. The molecule has 0 bridgehead atoms. The summed E-state index contributed by atoms with van der Waals surface area (Å²) in [6, 6.07) is 0.636. The molecule has 1 N–H and O–H groups in total. The molecule has 0 aliphatic carbocycles. The lowest BCUT2D eigenvalue weighted by Gasteiger charge is -2.43. The van der Waals surface area contributed by atoms with Gasteiger partial charge in [0.05, 0.1) is 0 Å². The molecule has 5 unspecified atom stereocenters. The Labute approximate surface area is 249 Å². The lowest BCUT2D eigenvalue weighted by Crippen LogP contribution is -2.53. The van der Waals surface area contributed by atoms with Crippen LogP contribution in [-0.4, -0.2) is 41.8 Å². The van der Waals surface area contributed by atoms with Gasteiger partial charge in [-0.3, -0.25) is 0 Å². The minimum absolute atomic E-state index is 0.137. The summed E-state index contributed by atoms with van der Waals surface area (Å²) in [6.07, 6.45) is 7.69. The van der Waals surface area contributed by atoms with E-state index in [4.69, 9.17) is 0 Å². The Balaban J connectivity index is 3.27. The fourth-order valence-corrected chi connectivity index (χ4v) is 7.79. The zero-order chi connectivity index (χ0) is 30.8. The molecule has 0 aromatic carbocycles. The Morgan fingerprint density at radius 2 is 1.31 bits per heavy atom. The third-order valence-electron chi connectivity index (χ3n) is 10.6. The number of rotatable bonds is 13. The first-order valence-corrected chi connectivity index (χ1v) is 16.8. The first kappa shape index (κ1) is 37.0. The van der Waals surface area contributed by atoms with Crippen LogP contribution in [0.2, 0.25) is 6.82 Å². The molecule has 1 heterocycles. The van der Waals surface area contributed by atoms with Gasteiger partial charge in [-0.15, -0.1) is 0 Å². The molecule has 232 valence electrons. The average Bonchev–Trinajstić information content (AvgIpc) is 2.99. The zero-order valence-corrected chi connectivity index (χ0v) is 30.5. The first-order valence-electron chi connectivity index (χ1n) is 16.8. The summed E-state index contributed by atoms with van der Waals surface area (Å²) in [5, 5.41) is 3.98. The van der Waals surface area contributed by atoms with Gasteiger partial charge in [0, 0.05) is 17.1 Å². The molecule has 0 aromatic rings. The fourth-order valence-electron chi connectivity index (χ4n) is 7.79. The predicted octanol–water partition coefficient (Wildman–Crippen LogP) is 10.0. The van der Waals surface area contributed by atoms with Crippen LogP contribution in [0.5, 0.6) is 0 Å². The van der Waals surface area contributed by atoms with E-state index in [1.165, 1.54) is 45.9 Å². The molecule has 0 saturated carbocycles. The monoisotopic (exact) mass is 547 g/mol. The van der Waals surface area contributed by atoms with Crippen LogP contribution in [-0.2, 0) is 0 Å². The van der Waals surface area contributed by atoms with Crippen molar-refractivity contribution in [2.24, 2.45) is 39.4 Å². The van der Waals surface area contributed by atoms with Crippen molar-refractivity contribution in [2.75, 3.05) is 6.54 Å². The quantitative estimate of drug-likeness (QED) is 0.231. The third-order valence-corrected chi connectivity index (χ3v) is 10.6. The summed E-state index contributed by atoms with van der Waals surface area (Å²) < 4.78 is 0. The molecule has 0 spiro atoms. The van der Waals surface area contributed by atoms with Crippen LogP contribution in [0.15, 0.2) is 0 Å². The summed E-state index contributed by atoms with van der Waals surface area (Å²) in [7, 11) is 1.26. The topological polar surface area (TPSA) is 15.3 Å². The van der Waals surface area contributed by atoms with Gasteiger partial charge in [-0.05, 0) is 125 Å². The van der Waals surface area contributed by atoms with Crippen molar-refractivity contribution >= 4 is 7.28 Å². The summed E-state index contributed by atoms with van der Waals surface area (Å²) in [4.78, 5) is 2.95. The molecule has 39 heavy (non-hydrogen) atoms. The third kappa shape index (κ3) is 11.6. The molecule has 1 aliphatic rings. The Hall–Kier alpha value is -0.0151. The maximum Gasteiger partial charge on any atom is 0.139 e. The van der Waals surface area contributed by atoms with E-state index in [1.54, 1.807) is 0 Å². The maximum absolute atomic E-state index is 3.98. The highest BCUT2D eigenvalue weighted by Crippen LogP contribution is 2.51. The van der Waals surface area contributed by atoms with Crippen molar-refractivity contribution in [3.05, 3.63) is 0 Å². The van der Waals surface area contributed by atoms with E-state index in [1.807, 2.05) is 0 Å². The largest absolute Gasteiger partial charge is 0.307 e. The minimum Gasteiger partial charge on any atom is -0.307 e. The van der Waals surface area contributed by atoms with Crippen LogP contribution in [0.3, 0.4) is 0 Å². The number of nitrogens with one attached hydrogen (secondary N) is 1. The fraction of sp³-hybridized carbons (Fsp3) is 1.00. The number of likely N-dealkylation sites (tertiary alicyclic amines) is 1. The van der Waals surface area contributed by atoms with E-state index in [9.17, 15) is 0 Å². The van der Waals surface area contributed by atoms with Crippen LogP contribution < -0.4 is 5.32 Å². The van der Waals surface area contributed by atoms with Gasteiger partial charge >= 0.3 is 0 Å². The molecule has 1 aliphatic heterocycles. The minimum atomic E-state index is 0.137. The van der Waals surface area contributed by atoms with E-state index in [0.717, 1.165) is 24.2 Å². The molecule has 0 amide bonds. The van der Waals surface area contributed by atoms with Crippen molar-refractivity contribution in [3.63, 3.8) is 0 Å². The smallest absolute Gasteiger partial charge is 0.139 e. The molecule has 1 fully saturated rings. The van der Waals surface area contributed by atoms with Gasteiger partial charge in [0.25, 0.3) is 0 Å². The Bertz CT molecular complexity index is 731. The molecule has 0 aromatic heterocycles. The van der Waals surface area contributed by atoms with Gasteiger partial charge in [0.1, 0.15) is 7.28 Å². The van der Waals surface area contributed by atoms with Gasteiger partial charge in [0.2, 0.25) is 0 Å². The van der Waals surface area contributed by atoms with E-state index in [2.05, 4.69) is 135 Å². The van der Waals surface area contributed by atoms with Crippen molar-refractivity contribution in [1.29, 1.82) is 0 Å². The molecule has 2 nitrogen and oxygen atoms in total. The standard InChI is InChI=1S/C36H75BN2/c1-19-35(14,15)38-36(16,17)22-23-39-26(2)28(29(30(39)37-18)33(9,10)11)24-27(32(6,7)8)25-34(12,13)21-20-31(3,4)5/h26-30,37-38H,19-25H2,1-18H3. The van der Waals surface area contributed by atoms with Crippen molar-refractivity contribution in [1.82, 2.24) is 10.2 Å². The van der Waals surface area contributed by atoms with Gasteiger partial charge in [-0.25, -0.2) is 0 Å². The van der Waals surface area contributed by atoms with Gasteiger partial charge in [-0.2, -0.15) is 0 Å². The van der Waals surface area contributed by atoms with Crippen molar-refractivity contribution < 1.29 is 0 Å². The van der Waals surface area contributed by atoms with Crippen molar-refractivity contribution in [2.45, 2.75) is 186 Å². The lowest BCUT2D eigenvalue weighted by molar-refractivity contribution is 0.0809. The summed E-state index contributed by atoms with van der Waals surface area (Å²) in [5.74, 6) is 2.91. The zero-order valence-electron chi connectivity index (χ0n) is 30.5. The average molecular weight is 547 g/mol. The van der Waals surface area contributed by atoms with E-state index < -0.39 is 0 Å². The molecule has 5 atom stereocenters. The van der Waals surface area contributed by atoms with E-state index in [0.29, 0.717) is 33.6 Å². The number of hydrogen-bond acceptors (Lipinski definition) is 2. The Kier molecular flexibility index (Phi) is 12.4. The number of nitrogens with zero attached hydrogens (tertiary/aromatic N) is 1.